The maximum atomic E-state index is 12.6. The molecule has 0 bridgehead atoms. The number of allylic oxidation sites excluding steroid dienone is 2. The molecule has 1 fully saturated rings. The number of benzene rings is 2. The number of sulfone groups is 1. The maximum absolute atomic E-state index is 12.6. The van der Waals surface area contributed by atoms with Crippen molar-refractivity contribution in [2.45, 2.75) is 42.5 Å². The van der Waals surface area contributed by atoms with E-state index in [4.69, 9.17) is 20.7 Å². The van der Waals surface area contributed by atoms with Gasteiger partial charge in [-0.15, -0.1) is 0 Å². The van der Waals surface area contributed by atoms with Gasteiger partial charge in [-0.25, -0.2) is 18.9 Å². The Bertz CT molecular complexity index is 1430. The molecule has 2 aliphatic rings. The first kappa shape index (κ1) is 29.2. The molecule has 4 rings (SSSR count). The van der Waals surface area contributed by atoms with Gasteiger partial charge in [0.2, 0.25) is 0 Å². The lowest BCUT2D eigenvalue weighted by Gasteiger charge is -2.11. The molecule has 2 aromatic rings. The van der Waals surface area contributed by atoms with Gasteiger partial charge in [-0.05, 0) is 48.6 Å². The summed E-state index contributed by atoms with van der Waals surface area (Å²) in [5, 5.41) is 10.9. The second kappa shape index (κ2) is 13.0. The van der Waals surface area contributed by atoms with E-state index in [0.717, 1.165) is 37.3 Å². The number of nitrogens with zero attached hydrogens (tertiary/aromatic N) is 1. The molecular formula is C29H34FN5O4S. The van der Waals surface area contributed by atoms with Gasteiger partial charge in [-0.1, -0.05) is 43.0 Å². The predicted octanol–water partition coefficient (Wildman–Crippen LogP) is 3.89. The Hall–Kier alpha value is -3.80. The first-order valence-electron chi connectivity index (χ1n) is 13.0. The fraction of sp³-hybridized carbons (Fsp3) is 0.310. The van der Waals surface area contributed by atoms with E-state index in [0.29, 0.717) is 22.9 Å². The molecule has 2 aromatic carbocycles. The highest BCUT2D eigenvalue weighted by Crippen LogP contribution is 2.23. The monoisotopic (exact) mass is 567 g/mol. The lowest BCUT2D eigenvalue weighted by molar-refractivity contribution is 0.175. The Kier molecular flexibility index (Phi) is 9.51. The van der Waals surface area contributed by atoms with Gasteiger partial charge in [-0.3, -0.25) is 9.80 Å². The number of ether oxygens (including phenoxy) is 1. The van der Waals surface area contributed by atoms with Crippen molar-refractivity contribution in [1.82, 2.24) is 10.8 Å². The lowest BCUT2D eigenvalue weighted by Crippen LogP contribution is -2.28. The van der Waals surface area contributed by atoms with Crippen molar-refractivity contribution in [2.24, 2.45) is 10.7 Å². The van der Waals surface area contributed by atoms with Crippen molar-refractivity contribution in [3.8, 4) is 0 Å². The van der Waals surface area contributed by atoms with Gasteiger partial charge in [-0.2, -0.15) is 0 Å². The maximum Gasteiger partial charge on any atom is 0.183 e. The number of aliphatic imine (C=N–C) groups is 1. The van der Waals surface area contributed by atoms with Crippen molar-refractivity contribution >= 4 is 33.2 Å². The van der Waals surface area contributed by atoms with Crippen LogP contribution >= 0.6 is 0 Å². The van der Waals surface area contributed by atoms with Gasteiger partial charge in [0, 0.05) is 37.0 Å². The van der Waals surface area contributed by atoms with E-state index in [-0.39, 0.29) is 28.6 Å². The molecule has 2 atom stereocenters. The van der Waals surface area contributed by atoms with E-state index in [2.05, 4.69) is 22.4 Å². The highest BCUT2D eigenvalue weighted by molar-refractivity contribution is 7.92. The zero-order valence-electron chi connectivity index (χ0n) is 22.3. The van der Waals surface area contributed by atoms with Crippen molar-refractivity contribution in [3.63, 3.8) is 0 Å². The number of halogens is 1. The fourth-order valence-electron chi connectivity index (χ4n) is 4.14. The van der Waals surface area contributed by atoms with Crippen LogP contribution in [0.3, 0.4) is 0 Å². The van der Waals surface area contributed by atoms with Gasteiger partial charge in [0.1, 0.15) is 5.70 Å². The Morgan fingerprint density at radius 3 is 2.65 bits per heavy atom. The number of hydroxylamine groups is 1. The molecule has 1 saturated heterocycles. The third-order valence-corrected chi connectivity index (χ3v) is 9.03. The second-order valence-electron chi connectivity index (χ2n) is 9.67. The highest BCUT2D eigenvalue weighted by Gasteiger charge is 2.23. The first-order valence-corrected chi connectivity index (χ1v) is 14.5. The molecule has 0 aromatic heterocycles. The number of alkyl halides is 1. The molecule has 40 heavy (non-hydrogen) atoms. The Morgan fingerprint density at radius 1 is 1.27 bits per heavy atom. The summed E-state index contributed by atoms with van der Waals surface area (Å²) in [6, 6.07) is 14.5. The van der Waals surface area contributed by atoms with Gasteiger partial charge < -0.3 is 20.6 Å². The van der Waals surface area contributed by atoms with Crippen LogP contribution in [0.25, 0.3) is 11.3 Å². The minimum absolute atomic E-state index is 0.0365. The van der Waals surface area contributed by atoms with Crippen LogP contribution in [0.5, 0.6) is 0 Å². The van der Waals surface area contributed by atoms with Crippen LogP contribution in [-0.2, 0) is 26.0 Å². The van der Waals surface area contributed by atoms with Crippen LogP contribution in [0.15, 0.2) is 82.5 Å². The van der Waals surface area contributed by atoms with E-state index in [1.165, 1.54) is 25.3 Å². The summed E-state index contributed by atoms with van der Waals surface area (Å²) < 4.78 is 43.0. The summed E-state index contributed by atoms with van der Waals surface area (Å²) in [5.74, 6) is 0.0544. The minimum atomic E-state index is -3.62. The summed E-state index contributed by atoms with van der Waals surface area (Å²) in [6.45, 7) is 7.04. The molecule has 11 heteroatoms. The van der Waals surface area contributed by atoms with Crippen LogP contribution in [0, 0.1) is 5.41 Å². The zero-order valence-corrected chi connectivity index (χ0v) is 23.1. The molecule has 0 saturated carbocycles. The van der Waals surface area contributed by atoms with Crippen molar-refractivity contribution in [2.75, 3.05) is 19.9 Å². The summed E-state index contributed by atoms with van der Waals surface area (Å²) >= 11 is 0. The molecule has 0 amide bonds. The van der Waals surface area contributed by atoms with Crippen molar-refractivity contribution in [3.05, 3.63) is 89.3 Å². The Labute approximate surface area is 234 Å². The van der Waals surface area contributed by atoms with E-state index >= 15 is 0 Å². The van der Waals surface area contributed by atoms with Crippen LogP contribution in [0.2, 0.25) is 0 Å². The summed E-state index contributed by atoms with van der Waals surface area (Å²) in [4.78, 5) is 9.70. The number of nitrogens with one attached hydrogen (secondary N) is 3. The van der Waals surface area contributed by atoms with Crippen LogP contribution < -0.4 is 16.5 Å². The standard InChI is InChI=1S/C29H34FN5O4S/c1-19(22-7-9-25(10-8-22)40(36,37)20(2)11-13-30)16-34-29(32)28(31)27-15-26(35-39-27)23-5-3-21(4-6-23)17-33-24-12-14-38-18-24/h3-10,15-16,20,24,32-33,35H,1,11-14,17-18,31H2,2H3/t20?,24-/m0/s1. The molecule has 0 spiro atoms. The smallest absolute Gasteiger partial charge is 0.183 e. The minimum Gasteiger partial charge on any atom is -0.393 e. The molecule has 0 aliphatic carbocycles. The van der Waals surface area contributed by atoms with Crippen molar-refractivity contribution in [1.29, 1.82) is 5.41 Å². The molecule has 9 nitrogen and oxygen atoms in total. The number of rotatable bonds is 11. The largest absolute Gasteiger partial charge is 0.393 e. The Morgan fingerprint density at radius 2 is 2.00 bits per heavy atom. The van der Waals surface area contributed by atoms with Gasteiger partial charge in [0.15, 0.2) is 21.4 Å². The predicted molar refractivity (Wildman–Crippen MR) is 155 cm³/mol. The van der Waals surface area contributed by atoms with Gasteiger partial charge in [0.05, 0.1) is 29.1 Å². The molecule has 2 heterocycles. The van der Waals surface area contributed by atoms with E-state index in [9.17, 15) is 12.8 Å². The van der Waals surface area contributed by atoms with Gasteiger partial charge in [0.25, 0.3) is 0 Å². The van der Waals surface area contributed by atoms with Crippen LogP contribution in [-0.4, -0.2) is 51.6 Å². The summed E-state index contributed by atoms with van der Waals surface area (Å²) in [5.41, 5.74) is 12.8. The topological polar surface area (TPSA) is 139 Å². The number of amidine groups is 1. The average Bonchev–Trinajstić information content (AvgIpc) is 3.67. The summed E-state index contributed by atoms with van der Waals surface area (Å²) in [7, 11) is -3.62. The first-order chi connectivity index (χ1) is 19.2. The SMILES string of the molecule is C=C(C=NC(=N)C(N)=C1C=C(c2ccc(CN[C@H]3CCOC3)cc2)NO1)c1ccc(S(=O)(=O)C(C)CCF)cc1. The van der Waals surface area contributed by atoms with Crippen LogP contribution in [0.4, 0.5) is 4.39 Å². The van der Waals surface area contributed by atoms with E-state index in [1.807, 2.05) is 24.3 Å². The summed E-state index contributed by atoms with van der Waals surface area (Å²) in [6.07, 6.45) is 4.06. The van der Waals surface area contributed by atoms with Gasteiger partial charge >= 0.3 is 0 Å². The molecule has 0 radical (unpaired) electrons. The van der Waals surface area contributed by atoms with Crippen molar-refractivity contribution < 1.29 is 22.4 Å². The zero-order chi connectivity index (χ0) is 28.7. The molecular weight excluding hydrogens is 533 g/mol. The third kappa shape index (κ3) is 7.04. The molecule has 1 unspecified atom stereocenters. The molecule has 2 aliphatic heterocycles. The number of hydrogen-bond donors (Lipinski definition) is 4. The fourth-order valence-corrected chi connectivity index (χ4v) is 5.52. The highest BCUT2D eigenvalue weighted by atomic mass is 32.2. The molecule has 212 valence electrons. The van der Waals surface area contributed by atoms with E-state index < -0.39 is 21.8 Å². The number of nitrogens with two attached hydrogens (primary N) is 1. The van der Waals surface area contributed by atoms with E-state index in [1.54, 1.807) is 18.2 Å². The normalized spacial score (nSPS) is 19.1. The average molecular weight is 568 g/mol. The Balaban J connectivity index is 1.36. The lowest BCUT2D eigenvalue weighted by atomic mass is 10.1. The quantitative estimate of drug-likeness (QED) is 0.239. The third-order valence-electron chi connectivity index (χ3n) is 6.80. The molecule has 5 N–H and O–H groups in total. The second-order valence-corrected chi connectivity index (χ2v) is 12.0. The number of hydrogen-bond acceptors (Lipinski definition) is 8. The van der Waals surface area contributed by atoms with Crippen LogP contribution in [0.1, 0.15) is 36.5 Å².